The number of anilines is 2. The molecule has 66 heavy (non-hydrogen) atoms. The lowest BCUT2D eigenvalue weighted by molar-refractivity contribution is -0.147. The van der Waals surface area contributed by atoms with Crippen LogP contribution in [0.1, 0.15) is 82.8 Å². The van der Waals surface area contributed by atoms with Crippen molar-refractivity contribution in [1.29, 1.82) is 0 Å². The highest BCUT2D eigenvalue weighted by Gasteiger charge is 2.25. The molecule has 24 nitrogen and oxygen atoms in total. The van der Waals surface area contributed by atoms with Crippen LogP contribution in [-0.2, 0) is 54.3 Å². The summed E-state index contributed by atoms with van der Waals surface area (Å²) < 4.78 is 9.87. The second kappa shape index (κ2) is 22.8. The lowest BCUT2D eigenvalue weighted by atomic mass is 10.1. The van der Waals surface area contributed by atoms with Crippen LogP contribution in [0.5, 0.6) is 0 Å². The molecule has 6 rings (SSSR count). The maximum Gasteiger partial charge on any atom is 0.328 e. The highest BCUT2D eigenvalue weighted by Crippen LogP contribution is 2.17. The largest absolute Gasteiger partial charge is 0.481 e. The maximum atomic E-state index is 12.6. The Morgan fingerprint density at radius 1 is 0.667 bits per heavy atom. The highest BCUT2D eigenvalue weighted by atomic mass is 16.5. The van der Waals surface area contributed by atoms with Crippen LogP contribution >= 0.6 is 0 Å². The lowest BCUT2D eigenvalue weighted by Gasteiger charge is -2.16. The average Bonchev–Trinajstić information content (AvgIpc) is 3.89. The number of aromatic amines is 4. The number of hydrogen-bond donors (Lipinski definition) is 10. The molecule has 0 aliphatic carbocycles. The zero-order valence-corrected chi connectivity index (χ0v) is 35.8. The minimum absolute atomic E-state index is 0.00791. The molecule has 2 amide bonds. The van der Waals surface area contributed by atoms with Gasteiger partial charge >= 0.3 is 23.9 Å². The van der Waals surface area contributed by atoms with Crippen molar-refractivity contribution in [3.8, 4) is 0 Å². The Hall–Kier alpha value is -8.44. The number of nitrogens with zero attached hydrogens (tertiary/aromatic N) is 4. The van der Waals surface area contributed by atoms with Gasteiger partial charge < -0.3 is 51.8 Å². The fraction of sp³-hybridized carbons (Fsp3) is 0.333. The number of H-pyrrole nitrogens is 4. The Kier molecular flexibility index (Phi) is 16.8. The molecule has 24 heteroatoms. The van der Waals surface area contributed by atoms with Crippen molar-refractivity contribution in [1.82, 2.24) is 50.5 Å². The number of aliphatic carboxylic acids is 2. The minimum atomic E-state index is -1.33. The second-order valence-corrected chi connectivity index (χ2v) is 14.5. The van der Waals surface area contributed by atoms with Gasteiger partial charge in [-0.2, -0.15) is 9.97 Å². The summed E-state index contributed by atoms with van der Waals surface area (Å²) in [7, 11) is 0. The number of ether oxygens (including phenoxy) is 2. The number of carbonyl (C=O) groups is 6. The van der Waals surface area contributed by atoms with Gasteiger partial charge in [-0.15, -0.1) is 0 Å². The zero-order chi connectivity index (χ0) is 47.9. The molecule has 12 N–H and O–H groups in total. The number of hydrogen-bond acceptors (Lipinski definition) is 16. The van der Waals surface area contributed by atoms with Crippen molar-refractivity contribution in [3.05, 3.63) is 103 Å². The molecule has 0 radical (unpaired) electrons. The SMILES string of the molecule is CCOC(=O)CC[C@H](NC(=O)c1ccc(CCc2c[nH]c3nc(N)[nH]c(=O)c23)cn1)C(=O)OCC.Nc1nc2[nH]cc(CCc3ccc(C(=O)N[C@@H](CCC(=O)O)C(=O)O)nc3)c2c(=O)[nH]1. The van der Waals surface area contributed by atoms with E-state index < -0.39 is 47.8 Å². The number of aryl methyl sites for hydroxylation is 4. The second-order valence-electron chi connectivity index (χ2n) is 14.5. The quantitative estimate of drug-likeness (QED) is 0.0479. The standard InChI is InChI=1S/C23H28N6O6.C19H20N6O6/c1-3-34-17(30)10-9-16(22(33)35-4-2)27-20(31)15-8-6-13(11-25-15)5-7-14-12-26-19-18(14)21(32)29-23(24)28-19;20-19-24-15-14(17(29)25-19)10(8-22-15)3-1-9-2-4-11(21-7-9)16(28)23-12(18(30)31)5-6-13(26)27/h6,8,11-12,16H,3-5,7,9-10H2,1-2H3,(H,27,31)(H4,24,26,28,29,32);2,4,7-8,12H,1,3,5-6H2,(H,23,28)(H,26,27)(H,30,31)(H4,20,22,24,25,29)/t16-;12-/m00/s1. The topological polar surface area (TPSA) is 386 Å². The van der Waals surface area contributed by atoms with Gasteiger partial charge in [0.25, 0.3) is 22.9 Å². The molecule has 0 saturated carbocycles. The predicted molar refractivity (Wildman–Crippen MR) is 235 cm³/mol. The summed E-state index contributed by atoms with van der Waals surface area (Å²) in [5.74, 6) is -4.78. The van der Waals surface area contributed by atoms with Crippen molar-refractivity contribution in [2.45, 2.75) is 77.3 Å². The fourth-order valence-electron chi connectivity index (χ4n) is 6.58. The summed E-state index contributed by atoms with van der Waals surface area (Å²) in [6, 6.07) is 4.08. The molecule has 0 aromatic carbocycles. The molecule has 0 fully saturated rings. The number of nitrogens with two attached hydrogens (primary N) is 2. The molecular formula is C42H48N12O12. The van der Waals surface area contributed by atoms with Crippen LogP contribution in [0, 0.1) is 0 Å². The molecule has 348 valence electrons. The number of aromatic nitrogens is 8. The van der Waals surface area contributed by atoms with Crippen LogP contribution in [0.15, 0.2) is 58.6 Å². The van der Waals surface area contributed by atoms with Gasteiger partial charge in [0.2, 0.25) is 11.9 Å². The van der Waals surface area contributed by atoms with Gasteiger partial charge in [-0.05, 0) is 86.8 Å². The number of carboxylic acid groups (broad SMARTS) is 2. The van der Waals surface area contributed by atoms with E-state index in [9.17, 15) is 38.4 Å². The van der Waals surface area contributed by atoms with Gasteiger partial charge in [0, 0.05) is 37.6 Å². The normalized spacial score (nSPS) is 11.8. The van der Waals surface area contributed by atoms with Crippen molar-refractivity contribution in [2.75, 3.05) is 24.7 Å². The average molecular weight is 913 g/mol. The van der Waals surface area contributed by atoms with Crippen molar-refractivity contribution in [3.63, 3.8) is 0 Å². The summed E-state index contributed by atoms with van der Waals surface area (Å²) in [4.78, 5) is 122. The number of fused-ring (bicyclic) bond motifs is 2. The van der Waals surface area contributed by atoms with E-state index in [2.05, 4.69) is 50.5 Å². The van der Waals surface area contributed by atoms with Gasteiger partial charge in [0.1, 0.15) is 34.8 Å². The van der Waals surface area contributed by atoms with E-state index in [1.165, 1.54) is 12.3 Å². The van der Waals surface area contributed by atoms with Gasteiger partial charge in [-0.25, -0.2) is 9.59 Å². The third-order valence-corrected chi connectivity index (χ3v) is 9.83. The molecule has 6 aromatic rings. The Balaban J connectivity index is 0.000000249. The summed E-state index contributed by atoms with van der Waals surface area (Å²) >= 11 is 0. The number of rotatable bonds is 20. The summed E-state index contributed by atoms with van der Waals surface area (Å²) in [5.41, 5.74) is 14.6. The van der Waals surface area contributed by atoms with E-state index in [0.717, 1.165) is 22.3 Å². The summed E-state index contributed by atoms with van der Waals surface area (Å²) in [6.07, 6.45) is 7.98. The number of esters is 2. The number of nitrogen functional groups attached to an aromatic ring is 2. The molecule has 0 unspecified atom stereocenters. The smallest absolute Gasteiger partial charge is 0.328 e. The van der Waals surface area contributed by atoms with Crippen LogP contribution in [-0.4, -0.2) is 111 Å². The molecular weight excluding hydrogens is 865 g/mol. The maximum absolute atomic E-state index is 12.6. The third-order valence-electron chi connectivity index (χ3n) is 9.83. The van der Waals surface area contributed by atoms with E-state index in [0.29, 0.717) is 47.8 Å². The van der Waals surface area contributed by atoms with Crippen LogP contribution in [0.25, 0.3) is 22.1 Å². The number of carboxylic acids is 2. The first-order valence-corrected chi connectivity index (χ1v) is 20.6. The Bertz CT molecular complexity index is 2820. The van der Waals surface area contributed by atoms with Gasteiger partial charge in [0.05, 0.1) is 24.0 Å². The van der Waals surface area contributed by atoms with Crippen LogP contribution < -0.4 is 33.2 Å². The van der Waals surface area contributed by atoms with Crippen molar-refractivity contribution in [2.24, 2.45) is 0 Å². The number of carbonyl (C=O) groups excluding carboxylic acids is 4. The van der Waals surface area contributed by atoms with Crippen molar-refractivity contribution >= 4 is 69.7 Å². The van der Waals surface area contributed by atoms with E-state index in [1.54, 1.807) is 50.6 Å². The van der Waals surface area contributed by atoms with Gasteiger partial charge in [-0.3, -0.25) is 48.7 Å². The third kappa shape index (κ3) is 13.3. The Morgan fingerprint density at radius 3 is 1.56 bits per heavy atom. The molecule has 0 spiro atoms. The Morgan fingerprint density at radius 2 is 1.14 bits per heavy atom. The fourth-order valence-corrected chi connectivity index (χ4v) is 6.58. The zero-order valence-electron chi connectivity index (χ0n) is 35.8. The number of nitrogens with one attached hydrogen (secondary N) is 6. The van der Waals surface area contributed by atoms with Gasteiger partial charge in [0.15, 0.2) is 0 Å². The number of amides is 2. The molecule has 2 atom stereocenters. The van der Waals surface area contributed by atoms with E-state index >= 15 is 0 Å². The molecule has 0 bridgehead atoms. The lowest BCUT2D eigenvalue weighted by Crippen LogP contribution is -2.42. The number of pyridine rings is 2. The van der Waals surface area contributed by atoms with Gasteiger partial charge in [-0.1, -0.05) is 12.1 Å². The first-order chi connectivity index (χ1) is 31.6. The molecule has 6 aromatic heterocycles. The first kappa shape index (κ1) is 48.6. The predicted octanol–water partition coefficient (Wildman–Crippen LogP) is 1.08. The monoisotopic (exact) mass is 912 g/mol. The first-order valence-electron chi connectivity index (χ1n) is 20.6. The molecule has 0 saturated heterocycles. The highest BCUT2D eigenvalue weighted by molar-refractivity contribution is 5.96. The van der Waals surface area contributed by atoms with E-state index in [1.807, 2.05) is 0 Å². The minimum Gasteiger partial charge on any atom is -0.481 e. The summed E-state index contributed by atoms with van der Waals surface area (Å²) in [5, 5.41) is 23.5. The van der Waals surface area contributed by atoms with Crippen LogP contribution in [0.4, 0.5) is 11.9 Å². The Labute approximate surface area is 373 Å². The molecule has 0 aliphatic rings. The van der Waals surface area contributed by atoms with E-state index in [-0.39, 0.29) is 73.3 Å². The van der Waals surface area contributed by atoms with Crippen LogP contribution in [0.2, 0.25) is 0 Å². The molecule has 0 aliphatic heterocycles. The summed E-state index contributed by atoms with van der Waals surface area (Å²) in [6.45, 7) is 3.71. The van der Waals surface area contributed by atoms with Crippen LogP contribution in [0.3, 0.4) is 0 Å². The van der Waals surface area contributed by atoms with Crippen molar-refractivity contribution < 1.29 is 48.5 Å². The van der Waals surface area contributed by atoms with E-state index in [4.69, 9.17) is 31.2 Å². The molecule has 6 heterocycles.